The first kappa shape index (κ1) is 22.1. The molecule has 1 atom stereocenters. The van der Waals surface area contributed by atoms with Gasteiger partial charge in [0.05, 0.1) is 6.42 Å². The van der Waals surface area contributed by atoms with E-state index in [1.165, 1.54) is 24.3 Å². The highest BCUT2D eigenvalue weighted by Gasteiger charge is 2.23. The van der Waals surface area contributed by atoms with E-state index in [-0.39, 0.29) is 11.5 Å². The normalized spacial score (nSPS) is 11.4. The van der Waals surface area contributed by atoms with E-state index in [2.05, 4.69) is 10.6 Å². The van der Waals surface area contributed by atoms with Crippen LogP contribution in [0.15, 0.2) is 24.3 Å². The maximum atomic E-state index is 12.0. The molecule has 0 aliphatic heterocycles. The number of amides is 2. The van der Waals surface area contributed by atoms with Crippen molar-refractivity contribution in [1.29, 1.82) is 0 Å². The highest BCUT2D eigenvalue weighted by Crippen LogP contribution is 2.12. The van der Waals surface area contributed by atoms with Crippen LogP contribution in [0.5, 0.6) is 0 Å². The monoisotopic (exact) mass is 379 g/mol. The topological polar surface area (TPSA) is 159 Å². The van der Waals surface area contributed by atoms with Crippen molar-refractivity contribution in [2.24, 2.45) is 5.73 Å². The summed E-state index contributed by atoms with van der Waals surface area (Å²) < 4.78 is 0. The number of unbranched alkanes of at least 4 members (excludes halogenated alkanes) is 3. The van der Waals surface area contributed by atoms with Gasteiger partial charge in [-0.25, -0.2) is 4.79 Å². The van der Waals surface area contributed by atoms with Crippen LogP contribution in [-0.2, 0) is 14.4 Å². The summed E-state index contributed by atoms with van der Waals surface area (Å²) in [4.78, 5) is 45.5. The van der Waals surface area contributed by atoms with Crippen LogP contribution in [-0.4, -0.2) is 46.6 Å². The molecule has 0 aromatic heterocycles. The Labute approximate surface area is 156 Å². The highest BCUT2D eigenvalue weighted by atomic mass is 16.4. The average Bonchev–Trinajstić information content (AvgIpc) is 2.61. The molecule has 6 N–H and O–H groups in total. The van der Waals surface area contributed by atoms with Crippen LogP contribution < -0.4 is 16.4 Å². The number of carboxylic acid groups (broad SMARTS) is 2. The molecule has 1 rings (SSSR count). The SMILES string of the molecule is NCCCCCCC(=O)Nc1ccc(C(=O)N[C@@H](CC(=O)O)C(=O)O)cc1. The minimum absolute atomic E-state index is 0.132. The summed E-state index contributed by atoms with van der Waals surface area (Å²) in [5, 5.41) is 22.5. The van der Waals surface area contributed by atoms with Crippen molar-refractivity contribution in [3.8, 4) is 0 Å². The molecule has 9 heteroatoms. The van der Waals surface area contributed by atoms with Crippen molar-refractivity contribution < 1.29 is 29.4 Å². The second-order valence-corrected chi connectivity index (χ2v) is 6.04. The molecule has 0 bridgehead atoms. The van der Waals surface area contributed by atoms with E-state index in [0.717, 1.165) is 25.7 Å². The van der Waals surface area contributed by atoms with E-state index >= 15 is 0 Å². The van der Waals surface area contributed by atoms with Gasteiger partial charge in [0.15, 0.2) is 0 Å². The Morgan fingerprint density at radius 2 is 1.59 bits per heavy atom. The minimum Gasteiger partial charge on any atom is -0.481 e. The third kappa shape index (κ3) is 8.82. The zero-order chi connectivity index (χ0) is 20.2. The van der Waals surface area contributed by atoms with Crippen LogP contribution in [0.1, 0.15) is 48.9 Å². The zero-order valence-electron chi connectivity index (χ0n) is 14.9. The Morgan fingerprint density at radius 1 is 0.963 bits per heavy atom. The second-order valence-electron chi connectivity index (χ2n) is 6.04. The molecule has 0 unspecified atom stereocenters. The van der Waals surface area contributed by atoms with Crippen molar-refractivity contribution in [3.63, 3.8) is 0 Å². The molecule has 0 aliphatic carbocycles. The summed E-state index contributed by atoms with van der Waals surface area (Å²) in [5.74, 6) is -3.60. The lowest BCUT2D eigenvalue weighted by atomic mass is 10.1. The predicted octanol–water partition coefficient (Wildman–Crippen LogP) is 1.19. The van der Waals surface area contributed by atoms with E-state index in [4.69, 9.17) is 15.9 Å². The van der Waals surface area contributed by atoms with Gasteiger partial charge in [0.1, 0.15) is 6.04 Å². The lowest BCUT2D eigenvalue weighted by Crippen LogP contribution is -2.42. The molecule has 27 heavy (non-hydrogen) atoms. The lowest BCUT2D eigenvalue weighted by Gasteiger charge is -2.12. The van der Waals surface area contributed by atoms with Crippen molar-refractivity contribution in [1.82, 2.24) is 5.32 Å². The number of carbonyl (C=O) groups excluding carboxylic acids is 2. The van der Waals surface area contributed by atoms with Crippen LogP contribution >= 0.6 is 0 Å². The number of nitrogens with one attached hydrogen (secondary N) is 2. The third-order valence-electron chi connectivity index (χ3n) is 3.77. The summed E-state index contributed by atoms with van der Waals surface area (Å²) in [5.41, 5.74) is 6.08. The minimum atomic E-state index is -1.52. The number of benzene rings is 1. The Kier molecular flexibility index (Phi) is 9.52. The molecule has 0 aliphatic rings. The van der Waals surface area contributed by atoms with E-state index in [1.54, 1.807) is 0 Å². The van der Waals surface area contributed by atoms with E-state index in [1.807, 2.05) is 0 Å². The molecular weight excluding hydrogens is 354 g/mol. The fourth-order valence-electron chi connectivity index (χ4n) is 2.33. The summed E-state index contributed by atoms with van der Waals surface area (Å²) in [6.45, 7) is 0.648. The zero-order valence-corrected chi connectivity index (χ0v) is 14.9. The Balaban J connectivity index is 2.52. The van der Waals surface area contributed by atoms with Crippen LogP contribution in [0.4, 0.5) is 5.69 Å². The van der Waals surface area contributed by atoms with Gasteiger partial charge in [-0.05, 0) is 43.7 Å². The van der Waals surface area contributed by atoms with Crippen molar-refractivity contribution >= 4 is 29.4 Å². The van der Waals surface area contributed by atoms with Crippen LogP contribution in [0.25, 0.3) is 0 Å². The largest absolute Gasteiger partial charge is 0.481 e. The fraction of sp³-hybridized carbons (Fsp3) is 0.444. The van der Waals surface area contributed by atoms with Gasteiger partial charge >= 0.3 is 11.9 Å². The quantitative estimate of drug-likeness (QED) is 0.341. The summed E-state index contributed by atoms with van der Waals surface area (Å²) in [7, 11) is 0. The van der Waals surface area contributed by atoms with E-state index in [9.17, 15) is 19.2 Å². The number of carbonyl (C=O) groups is 4. The maximum Gasteiger partial charge on any atom is 0.326 e. The maximum absolute atomic E-state index is 12.0. The fourth-order valence-corrected chi connectivity index (χ4v) is 2.33. The van der Waals surface area contributed by atoms with Gasteiger partial charge in [0.25, 0.3) is 5.91 Å². The molecule has 0 fully saturated rings. The average molecular weight is 379 g/mol. The van der Waals surface area contributed by atoms with Gasteiger partial charge in [-0.2, -0.15) is 0 Å². The standard InChI is InChI=1S/C18H25N3O6/c19-10-4-2-1-3-5-15(22)20-13-8-6-12(7-9-13)17(25)21-14(18(26)27)11-16(23)24/h6-9,14H,1-5,10-11,19H2,(H,20,22)(H,21,25)(H,23,24)(H,26,27)/t14-/m0/s1. The van der Waals surface area contributed by atoms with Crippen LogP contribution in [0, 0.1) is 0 Å². The van der Waals surface area contributed by atoms with Gasteiger partial charge in [0, 0.05) is 17.7 Å². The first-order chi connectivity index (χ1) is 12.8. The van der Waals surface area contributed by atoms with Gasteiger partial charge < -0.3 is 26.6 Å². The number of nitrogens with two attached hydrogens (primary N) is 1. The Hall–Kier alpha value is -2.94. The number of carboxylic acids is 2. The number of hydrogen-bond donors (Lipinski definition) is 5. The highest BCUT2D eigenvalue weighted by molar-refractivity contribution is 5.98. The Morgan fingerprint density at radius 3 is 2.15 bits per heavy atom. The molecule has 148 valence electrons. The lowest BCUT2D eigenvalue weighted by molar-refractivity contribution is -0.145. The molecule has 9 nitrogen and oxygen atoms in total. The smallest absolute Gasteiger partial charge is 0.326 e. The first-order valence-electron chi connectivity index (χ1n) is 8.69. The van der Waals surface area contributed by atoms with Crippen LogP contribution in [0.3, 0.4) is 0 Å². The van der Waals surface area contributed by atoms with Crippen molar-refractivity contribution in [3.05, 3.63) is 29.8 Å². The Bertz CT molecular complexity index is 660. The second kappa shape index (κ2) is 11.6. The molecule has 2 amide bonds. The predicted molar refractivity (Wildman–Crippen MR) is 98.4 cm³/mol. The molecule has 1 aromatic rings. The van der Waals surface area contributed by atoms with Gasteiger partial charge in [0.2, 0.25) is 5.91 Å². The molecule has 0 heterocycles. The van der Waals surface area contributed by atoms with E-state index in [0.29, 0.717) is 18.7 Å². The van der Waals surface area contributed by atoms with Gasteiger partial charge in [-0.3, -0.25) is 14.4 Å². The van der Waals surface area contributed by atoms with Gasteiger partial charge in [-0.1, -0.05) is 12.8 Å². The third-order valence-corrected chi connectivity index (χ3v) is 3.77. The number of anilines is 1. The number of hydrogen-bond acceptors (Lipinski definition) is 5. The van der Waals surface area contributed by atoms with Crippen molar-refractivity contribution in [2.75, 3.05) is 11.9 Å². The molecule has 0 spiro atoms. The van der Waals surface area contributed by atoms with Crippen LogP contribution in [0.2, 0.25) is 0 Å². The van der Waals surface area contributed by atoms with Crippen molar-refractivity contribution in [2.45, 2.75) is 44.6 Å². The summed E-state index contributed by atoms with van der Waals surface area (Å²) >= 11 is 0. The molecule has 1 aromatic carbocycles. The summed E-state index contributed by atoms with van der Waals surface area (Å²) in [6.07, 6.45) is 3.31. The first-order valence-corrected chi connectivity index (χ1v) is 8.69. The number of rotatable bonds is 12. The number of aliphatic carboxylic acids is 2. The van der Waals surface area contributed by atoms with E-state index < -0.39 is 30.3 Å². The molecule has 0 saturated heterocycles. The van der Waals surface area contributed by atoms with Gasteiger partial charge in [-0.15, -0.1) is 0 Å². The molecular formula is C18H25N3O6. The molecule has 0 radical (unpaired) electrons. The summed E-state index contributed by atoms with van der Waals surface area (Å²) in [6, 6.07) is 4.37. The molecule has 0 saturated carbocycles.